The van der Waals surface area contributed by atoms with Gasteiger partial charge in [0.05, 0.1) is 12.2 Å². The summed E-state index contributed by atoms with van der Waals surface area (Å²) < 4.78 is 1.74. The molecule has 134 valence electrons. The number of aryl methyl sites for hydroxylation is 1. The molecule has 0 spiro atoms. The molecule has 4 rings (SSSR count). The van der Waals surface area contributed by atoms with Crippen LogP contribution in [-0.2, 0) is 7.05 Å². The molecule has 3 aromatic rings. The van der Waals surface area contributed by atoms with E-state index in [1.807, 2.05) is 41.7 Å². The quantitative estimate of drug-likeness (QED) is 0.714. The van der Waals surface area contributed by atoms with E-state index in [0.717, 1.165) is 29.2 Å². The van der Waals surface area contributed by atoms with Crippen LogP contribution in [0.3, 0.4) is 0 Å². The van der Waals surface area contributed by atoms with Gasteiger partial charge in [0.15, 0.2) is 0 Å². The summed E-state index contributed by atoms with van der Waals surface area (Å²) in [5.74, 6) is -0.00153. The number of rotatable bonds is 3. The van der Waals surface area contributed by atoms with Crippen molar-refractivity contribution in [1.29, 1.82) is 0 Å². The monoisotopic (exact) mass is 367 g/mol. The van der Waals surface area contributed by atoms with E-state index in [1.54, 1.807) is 10.9 Å². The van der Waals surface area contributed by atoms with Crippen LogP contribution in [0.15, 0.2) is 48.1 Å². The minimum atomic E-state index is -0.00153. The number of hydrogen-bond donors (Lipinski definition) is 0. The maximum Gasteiger partial charge on any atom is 0.273 e. The number of hydrogen-bond acceptors (Lipinski definition) is 5. The fraction of sp³-hybridized carbons (Fsp3) is 0.316. The second-order valence-electron chi connectivity index (χ2n) is 6.63. The first-order valence-corrected chi connectivity index (χ1v) is 9.49. The van der Waals surface area contributed by atoms with Crippen LogP contribution >= 0.6 is 11.3 Å². The Morgan fingerprint density at radius 2 is 2.00 bits per heavy atom. The third-order valence-corrected chi connectivity index (χ3v) is 5.60. The predicted octanol–water partition coefficient (Wildman–Crippen LogP) is 2.67. The number of piperazine rings is 1. The molecule has 1 unspecified atom stereocenters. The van der Waals surface area contributed by atoms with Gasteiger partial charge in [-0.15, -0.1) is 11.3 Å². The van der Waals surface area contributed by atoms with Gasteiger partial charge in [-0.05, 0) is 12.6 Å². The highest BCUT2D eigenvalue weighted by Crippen LogP contribution is 2.28. The average molecular weight is 367 g/mol. The Morgan fingerprint density at radius 3 is 2.73 bits per heavy atom. The average Bonchev–Trinajstić information content (AvgIpc) is 3.31. The van der Waals surface area contributed by atoms with Crippen molar-refractivity contribution in [3.63, 3.8) is 0 Å². The molecule has 1 amide bonds. The number of amides is 1. The second-order valence-corrected chi connectivity index (χ2v) is 7.49. The number of benzene rings is 1. The summed E-state index contributed by atoms with van der Waals surface area (Å²) in [5.41, 5.74) is 2.61. The van der Waals surface area contributed by atoms with E-state index in [0.29, 0.717) is 12.2 Å². The van der Waals surface area contributed by atoms with E-state index in [2.05, 4.69) is 34.2 Å². The summed E-state index contributed by atoms with van der Waals surface area (Å²) in [5, 5.41) is 6.86. The Kier molecular flexibility index (Phi) is 4.57. The highest BCUT2D eigenvalue weighted by atomic mass is 32.1. The van der Waals surface area contributed by atoms with Crippen molar-refractivity contribution in [2.75, 3.05) is 26.7 Å². The van der Waals surface area contributed by atoms with Gasteiger partial charge in [0.1, 0.15) is 10.7 Å². The zero-order chi connectivity index (χ0) is 18.1. The van der Waals surface area contributed by atoms with Crippen molar-refractivity contribution in [2.24, 2.45) is 7.05 Å². The molecule has 0 radical (unpaired) electrons. The van der Waals surface area contributed by atoms with E-state index in [-0.39, 0.29) is 11.9 Å². The van der Waals surface area contributed by atoms with Crippen LogP contribution in [0.1, 0.15) is 22.1 Å². The molecule has 1 saturated heterocycles. The molecule has 2 aromatic heterocycles. The first kappa shape index (κ1) is 16.9. The van der Waals surface area contributed by atoms with Crippen molar-refractivity contribution in [3.05, 3.63) is 59.4 Å². The van der Waals surface area contributed by atoms with Gasteiger partial charge in [-0.3, -0.25) is 9.48 Å². The molecule has 1 aliphatic heterocycles. The molecule has 1 aromatic carbocycles. The maximum absolute atomic E-state index is 13.2. The molecule has 0 N–H and O–H groups in total. The van der Waals surface area contributed by atoms with E-state index in [1.165, 1.54) is 11.3 Å². The van der Waals surface area contributed by atoms with E-state index in [4.69, 9.17) is 0 Å². The summed E-state index contributed by atoms with van der Waals surface area (Å²) in [6.45, 7) is 2.40. The lowest BCUT2D eigenvalue weighted by Crippen LogP contribution is -2.49. The molecule has 26 heavy (non-hydrogen) atoms. The van der Waals surface area contributed by atoms with Crippen molar-refractivity contribution in [1.82, 2.24) is 24.6 Å². The highest BCUT2D eigenvalue weighted by molar-refractivity contribution is 7.13. The van der Waals surface area contributed by atoms with Crippen LogP contribution in [0.5, 0.6) is 0 Å². The summed E-state index contributed by atoms with van der Waals surface area (Å²) in [7, 11) is 3.97. The van der Waals surface area contributed by atoms with Gasteiger partial charge in [-0.1, -0.05) is 30.3 Å². The standard InChI is InChI=1S/C19H21N5OS/c1-22-8-9-24(17(12-22)14-6-4-3-5-7-14)19(25)16-13-26-18(21-16)15-10-20-23(2)11-15/h3-7,10-11,13,17H,8-9,12H2,1-2H3. The lowest BCUT2D eigenvalue weighted by molar-refractivity contribution is 0.0493. The number of carbonyl (C=O) groups is 1. The van der Waals surface area contributed by atoms with Crippen LogP contribution in [0.4, 0.5) is 0 Å². The first-order chi connectivity index (χ1) is 12.6. The van der Waals surface area contributed by atoms with Crippen molar-refractivity contribution in [2.45, 2.75) is 6.04 Å². The minimum Gasteiger partial charge on any atom is -0.328 e. The molecular weight excluding hydrogens is 346 g/mol. The Morgan fingerprint density at radius 1 is 1.19 bits per heavy atom. The number of thiazole rings is 1. The van der Waals surface area contributed by atoms with Gasteiger partial charge in [0.25, 0.3) is 5.91 Å². The Labute approximate surface area is 156 Å². The van der Waals surface area contributed by atoms with Crippen LogP contribution in [0, 0.1) is 0 Å². The van der Waals surface area contributed by atoms with Crippen LogP contribution in [0.25, 0.3) is 10.6 Å². The van der Waals surface area contributed by atoms with Gasteiger partial charge >= 0.3 is 0 Å². The Hall–Kier alpha value is -2.51. The van der Waals surface area contributed by atoms with Gasteiger partial charge in [0.2, 0.25) is 0 Å². The number of likely N-dealkylation sites (N-methyl/N-ethyl adjacent to an activating group) is 1. The van der Waals surface area contributed by atoms with Gasteiger partial charge in [-0.25, -0.2) is 4.98 Å². The van der Waals surface area contributed by atoms with E-state index in [9.17, 15) is 4.79 Å². The smallest absolute Gasteiger partial charge is 0.273 e. The lowest BCUT2D eigenvalue weighted by Gasteiger charge is -2.40. The molecule has 1 aliphatic rings. The summed E-state index contributed by atoms with van der Waals surface area (Å²) in [6.07, 6.45) is 3.69. The lowest BCUT2D eigenvalue weighted by atomic mass is 10.0. The number of carbonyl (C=O) groups excluding carboxylic acids is 1. The zero-order valence-corrected chi connectivity index (χ0v) is 15.7. The van der Waals surface area contributed by atoms with E-state index >= 15 is 0 Å². The fourth-order valence-corrected chi connectivity index (χ4v) is 4.08. The minimum absolute atomic E-state index is 0.00153. The largest absolute Gasteiger partial charge is 0.328 e. The number of nitrogens with zero attached hydrogens (tertiary/aromatic N) is 5. The van der Waals surface area contributed by atoms with Crippen LogP contribution in [-0.4, -0.2) is 57.2 Å². The summed E-state index contributed by atoms with van der Waals surface area (Å²) >= 11 is 1.48. The molecule has 7 heteroatoms. The second kappa shape index (κ2) is 7.01. The van der Waals surface area contributed by atoms with Crippen molar-refractivity contribution in [3.8, 4) is 10.6 Å². The van der Waals surface area contributed by atoms with Crippen molar-refractivity contribution < 1.29 is 4.79 Å². The molecule has 0 bridgehead atoms. The molecule has 1 fully saturated rings. The van der Waals surface area contributed by atoms with Crippen LogP contribution < -0.4 is 0 Å². The van der Waals surface area contributed by atoms with Crippen molar-refractivity contribution >= 4 is 17.2 Å². The normalized spacial score (nSPS) is 18.2. The molecule has 3 heterocycles. The number of aromatic nitrogens is 3. The van der Waals surface area contributed by atoms with Gasteiger partial charge < -0.3 is 9.80 Å². The van der Waals surface area contributed by atoms with Gasteiger partial charge in [0, 0.05) is 43.8 Å². The fourth-order valence-electron chi connectivity index (χ4n) is 3.31. The molecule has 1 atom stereocenters. The SMILES string of the molecule is CN1CCN(C(=O)c2csc(-c3cnn(C)c3)n2)C(c2ccccc2)C1. The third kappa shape index (κ3) is 3.27. The molecule has 6 nitrogen and oxygen atoms in total. The summed E-state index contributed by atoms with van der Waals surface area (Å²) in [4.78, 5) is 22.0. The van der Waals surface area contributed by atoms with Gasteiger partial charge in [-0.2, -0.15) is 5.10 Å². The Bertz CT molecular complexity index is 904. The molecule has 0 aliphatic carbocycles. The summed E-state index contributed by atoms with van der Waals surface area (Å²) in [6, 6.07) is 10.3. The third-order valence-electron chi connectivity index (χ3n) is 4.70. The molecular formula is C19H21N5OS. The topological polar surface area (TPSA) is 54.3 Å². The highest BCUT2D eigenvalue weighted by Gasteiger charge is 2.31. The van der Waals surface area contributed by atoms with E-state index < -0.39 is 0 Å². The predicted molar refractivity (Wildman–Crippen MR) is 102 cm³/mol. The Balaban J connectivity index is 1.61. The zero-order valence-electron chi connectivity index (χ0n) is 14.9. The van der Waals surface area contributed by atoms with Crippen LogP contribution in [0.2, 0.25) is 0 Å². The first-order valence-electron chi connectivity index (χ1n) is 8.61. The maximum atomic E-state index is 13.2. The molecule has 0 saturated carbocycles.